The summed E-state index contributed by atoms with van der Waals surface area (Å²) in [5.74, 6) is -0.491. The number of hydrogen-bond acceptors (Lipinski definition) is 7. The molecular formula is C18H23N5O3S2. The molecule has 0 saturated carbocycles. The summed E-state index contributed by atoms with van der Waals surface area (Å²) in [6.45, 7) is 4.57. The Labute approximate surface area is 168 Å². The van der Waals surface area contributed by atoms with E-state index in [4.69, 9.17) is 5.73 Å². The first-order valence-electron chi connectivity index (χ1n) is 8.97. The van der Waals surface area contributed by atoms with Crippen molar-refractivity contribution >= 4 is 38.2 Å². The number of carbonyl (C=O) groups is 1. The number of piperidine rings is 1. The smallest absolute Gasteiger partial charge is 0.271 e. The zero-order valence-electron chi connectivity index (χ0n) is 15.8. The second-order valence-corrected chi connectivity index (χ2v) is 9.38. The number of rotatable bonds is 5. The maximum atomic E-state index is 12.8. The van der Waals surface area contributed by atoms with Crippen molar-refractivity contribution in [2.24, 2.45) is 5.10 Å². The standard InChI is InChI=1S/C18H23N5O3S2/c1-12(16-13(2)22-27-17(16)19)20-21-18(24)14-7-6-8-15(11-14)28(25,26)23-9-4-3-5-10-23/h6-8,11H,3-5,9-10,19H2,1-2H3,(H,21,24)/b20-12-. The molecule has 1 aromatic heterocycles. The van der Waals surface area contributed by atoms with Crippen LogP contribution in [-0.4, -0.2) is 41.8 Å². The Bertz CT molecular complexity index is 988. The van der Waals surface area contributed by atoms with E-state index in [1.54, 1.807) is 19.1 Å². The number of hydrogen-bond donors (Lipinski definition) is 2. The van der Waals surface area contributed by atoms with E-state index in [1.165, 1.54) is 28.0 Å². The molecule has 1 aliphatic rings. The summed E-state index contributed by atoms with van der Waals surface area (Å²) in [4.78, 5) is 12.6. The number of nitrogens with zero attached hydrogens (tertiary/aromatic N) is 3. The zero-order chi connectivity index (χ0) is 20.3. The van der Waals surface area contributed by atoms with Crippen LogP contribution in [0.5, 0.6) is 0 Å². The first-order valence-corrected chi connectivity index (χ1v) is 11.2. The van der Waals surface area contributed by atoms with Gasteiger partial charge in [-0.2, -0.15) is 13.8 Å². The number of nitrogens with two attached hydrogens (primary N) is 1. The van der Waals surface area contributed by atoms with Gasteiger partial charge in [-0.25, -0.2) is 13.8 Å². The van der Waals surface area contributed by atoms with Crippen molar-refractivity contribution in [2.75, 3.05) is 18.8 Å². The Morgan fingerprint density at radius 2 is 2.00 bits per heavy atom. The van der Waals surface area contributed by atoms with Crippen molar-refractivity contribution in [1.29, 1.82) is 0 Å². The highest BCUT2D eigenvalue weighted by molar-refractivity contribution is 7.89. The molecule has 10 heteroatoms. The Morgan fingerprint density at radius 1 is 1.29 bits per heavy atom. The van der Waals surface area contributed by atoms with Crippen LogP contribution in [0.25, 0.3) is 0 Å². The molecule has 8 nitrogen and oxygen atoms in total. The Morgan fingerprint density at radius 3 is 2.64 bits per heavy atom. The van der Waals surface area contributed by atoms with Crippen LogP contribution in [0.4, 0.5) is 5.00 Å². The molecule has 3 rings (SSSR count). The van der Waals surface area contributed by atoms with Crippen molar-refractivity contribution in [3.8, 4) is 0 Å². The van der Waals surface area contributed by atoms with E-state index >= 15 is 0 Å². The van der Waals surface area contributed by atoms with Gasteiger partial charge in [-0.3, -0.25) is 4.79 Å². The van der Waals surface area contributed by atoms with Gasteiger partial charge in [-0.05, 0) is 56.4 Å². The van der Waals surface area contributed by atoms with Crippen molar-refractivity contribution in [3.05, 3.63) is 41.1 Å². The normalized spacial score (nSPS) is 16.1. The summed E-state index contributed by atoms with van der Waals surface area (Å²) >= 11 is 1.17. The number of benzene rings is 1. The van der Waals surface area contributed by atoms with Gasteiger partial charge in [-0.1, -0.05) is 12.5 Å². The fourth-order valence-corrected chi connectivity index (χ4v) is 5.41. The van der Waals surface area contributed by atoms with Crippen molar-refractivity contribution in [2.45, 2.75) is 38.0 Å². The number of aromatic nitrogens is 1. The number of nitrogens with one attached hydrogen (secondary N) is 1. The highest BCUT2D eigenvalue weighted by Crippen LogP contribution is 2.22. The van der Waals surface area contributed by atoms with Crippen molar-refractivity contribution in [1.82, 2.24) is 14.1 Å². The molecule has 0 spiro atoms. The van der Waals surface area contributed by atoms with Crippen LogP contribution in [0.3, 0.4) is 0 Å². The summed E-state index contributed by atoms with van der Waals surface area (Å²) in [5.41, 5.74) is 10.6. The molecule has 3 N–H and O–H groups in total. The van der Waals surface area contributed by atoms with Crippen LogP contribution in [0, 0.1) is 6.92 Å². The van der Waals surface area contributed by atoms with Gasteiger partial charge < -0.3 is 5.73 Å². The second kappa shape index (κ2) is 8.38. The first-order chi connectivity index (χ1) is 13.3. The molecule has 0 radical (unpaired) electrons. The van der Waals surface area contributed by atoms with Crippen LogP contribution < -0.4 is 11.2 Å². The molecular weight excluding hydrogens is 398 g/mol. The number of carbonyl (C=O) groups excluding carboxylic acids is 1. The largest absolute Gasteiger partial charge is 0.389 e. The Balaban J connectivity index is 1.78. The third kappa shape index (κ3) is 4.23. The molecule has 0 atom stereocenters. The number of nitrogen functional groups attached to an aromatic ring is 1. The number of sulfonamides is 1. The van der Waals surface area contributed by atoms with Gasteiger partial charge >= 0.3 is 0 Å². The monoisotopic (exact) mass is 421 g/mol. The summed E-state index contributed by atoms with van der Waals surface area (Å²) in [6, 6.07) is 6.01. The predicted octanol–water partition coefficient (Wildman–Crippen LogP) is 2.36. The molecule has 1 saturated heterocycles. The van der Waals surface area contributed by atoms with E-state index in [0.717, 1.165) is 25.0 Å². The number of anilines is 1. The third-order valence-corrected chi connectivity index (χ3v) is 7.29. The highest BCUT2D eigenvalue weighted by Gasteiger charge is 2.26. The summed E-state index contributed by atoms with van der Waals surface area (Å²) < 4.78 is 31.2. The van der Waals surface area contributed by atoms with Crippen LogP contribution in [0.2, 0.25) is 0 Å². The molecule has 2 aromatic rings. The Kier molecular flexibility index (Phi) is 6.11. The van der Waals surface area contributed by atoms with Gasteiger partial charge in [0, 0.05) is 18.7 Å². The van der Waals surface area contributed by atoms with E-state index < -0.39 is 15.9 Å². The van der Waals surface area contributed by atoms with Crippen molar-refractivity contribution < 1.29 is 13.2 Å². The average molecular weight is 422 g/mol. The lowest BCUT2D eigenvalue weighted by Crippen LogP contribution is -2.35. The lowest BCUT2D eigenvalue weighted by Gasteiger charge is -2.25. The molecule has 1 aromatic carbocycles. The van der Waals surface area contributed by atoms with Crippen molar-refractivity contribution in [3.63, 3.8) is 0 Å². The van der Waals surface area contributed by atoms with E-state index in [1.807, 2.05) is 6.92 Å². The highest BCUT2D eigenvalue weighted by atomic mass is 32.2. The van der Waals surface area contributed by atoms with Gasteiger partial charge in [0.15, 0.2) is 0 Å². The number of hydrazone groups is 1. The topological polar surface area (TPSA) is 118 Å². The molecule has 1 amide bonds. The molecule has 0 unspecified atom stereocenters. The average Bonchev–Trinajstić information content (AvgIpc) is 3.05. The van der Waals surface area contributed by atoms with Crippen LogP contribution in [0.15, 0.2) is 34.3 Å². The molecule has 150 valence electrons. The number of aryl methyl sites for hydroxylation is 1. The minimum Gasteiger partial charge on any atom is -0.389 e. The fraction of sp³-hybridized carbons (Fsp3) is 0.389. The molecule has 2 heterocycles. The summed E-state index contributed by atoms with van der Waals surface area (Å²) in [7, 11) is -3.60. The lowest BCUT2D eigenvalue weighted by molar-refractivity contribution is 0.0954. The number of amides is 1. The fourth-order valence-electron chi connectivity index (χ4n) is 3.13. The van der Waals surface area contributed by atoms with Gasteiger partial charge in [-0.15, -0.1) is 0 Å². The van der Waals surface area contributed by atoms with Crippen LogP contribution in [-0.2, 0) is 10.0 Å². The molecule has 28 heavy (non-hydrogen) atoms. The van der Waals surface area contributed by atoms with Gasteiger partial charge in [0.1, 0.15) is 5.00 Å². The molecule has 1 fully saturated rings. The van der Waals surface area contributed by atoms with E-state index in [9.17, 15) is 13.2 Å². The van der Waals surface area contributed by atoms with Crippen LogP contribution >= 0.6 is 11.5 Å². The third-order valence-electron chi connectivity index (χ3n) is 4.63. The maximum absolute atomic E-state index is 12.8. The van der Waals surface area contributed by atoms with E-state index in [2.05, 4.69) is 14.9 Å². The van der Waals surface area contributed by atoms with Crippen LogP contribution in [0.1, 0.15) is 47.8 Å². The van der Waals surface area contributed by atoms with E-state index in [0.29, 0.717) is 29.4 Å². The van der Waals surface area contributed by atoms with E-state index in [-0.39, 0.29) is 10.5 Å². The summed E-state index contributed by atoms with van der Waals surface area (Å²) in [6.07, 6.45) is 2.75. The minimum absolute atomic E-state index is 0.116. The Hall–Kier alpha value is -2.30. The second-order valence-electron chi connectivity index (χ2n) is 6.64. The van der Waals surface area contributed by atoms with Gasteiger partial charge in [0.05, 0.1) is 21.9 Å². The SMILES string of the molecule is C/C(=N/NC(=O)c1cccc(S(=O)(=O)N2CCCCC2)c1)c1c(C)nsc1N. The van der Waals surface area contributed by atoms with Gasteiger partial charge in [0.2, 0.25) is 10.0 Å². The first kappa shape index (κ1) is 20.4. The zero-order valence-corrected chi connectivity index (χ0v) is 17.4. The molecule has 1 aliphatic heterocycles. The molecule has 0 bridgehead atoms. The predicted molar refractivity (Wildman–Crippen MR) is 110 cm³/mol. The quantitative estimate of drug-likeness (QED) is 0.568. The minimum atomic E-state index is -3.60. The summed E-state index contributed by atoms with van der Waals surface area (Å²) in [5, 5.41) is 4.62. The lowest BCUT2D eigenvalue weighted by atomic mass is 10.2. The maximum Gasteiger partial charge on any atom is 0.271 e. The molecule has 0 aliphatic carbocycles. The van der Waals surface area contributed by atoms with Gasteiger partial charge in [0.25, 0.3) is 5.91 Å².